The second-order valence-corrected chi connectivity index (χ2v) is 10.1. The Morgan fingerprint density at radius 1 is 0.968 bits per heavy atom. The van der Waals surface area contributed by atoms with Gasteiger partial charge in [0.2, 0.25) is 0 Å². The third kappa shape index (κ3) is 4.59. The zero-order valence-corrected chi connectivity index (χ0v) is 19.3. The lowest BCUT2D eigenvalue weighted by atomic mass is 9.79. The fraction of sp³-hybridized carbons (Fsp3) is 0.440. The molecule has 3 aromatic rings. The number of nitrogens with zero attached hydrogens (tertiary/aromatic N) is 3. The predicted octanol–water partition coefficient (Wildman–Crippen LogP) is 4.90. The van der Waals surface area contributed by atoms with Crippen LogP contribution in [-0.2, 0) is 0 Å². The van der Waals surface area contributed by atoms with Crippen molar-refractivity contribution in [3.8, 4) is 28.3 Å². The number of rotatable bonds is 4. The van der Waals surface area contributed by atoms with Crippen LogP contribution in [0.1, 0.15) is 46.2 Å². The molecule has 0 radical (unpaired) electrons. The van der Waals surface area contributed by atoms with E-state index in [0.717, 1.165) is 35.6 Å². The Labute approximate surface area is 184 Å². The number of anilines is 1. The molecule has 2 aromatic heterocycles. The molecule has 0 amide bonds. The molecule has 6 nitrogen and oxygen atoms in total. The molecule has 164 valence electrons. The number of aromatic amines is 1. The zero-order chi connectivity index (χ0) is 22.4. The number of phenolic OH excluding ortho intramolecular Hbond substituents is 1. The Hall–Kier alpha value is -2.86. The largest absolute Gasteiger partial charge is 0.507 e. The van der Waals surface area contributed by atoms with E-state index in [9.17, 15) is 5.11 Å². The van der Waals surface area contributed by atoms with Crippen LogP contribution in [0.25, 0.3) is 22.5 Å². The third-order valence-electron chi connectivity index (χ3n) is 6.14. The first-order valence-electron chi connectivity index (χ1n) is 10.9. The normalized spacial score (nSPS) is 18.1. The molecule has 0 unspecified atom stereocenters. The smallest absolute Gasteiger partial charge is 0.151 e. The quantitative estimate of drug-likeness (QED) is 0.561. The van der Waals surface area contributed by atoms with Crippen molar-refractivity contribution in [3.63, 3.8) is 0 Å². The van der Waals surface area contributed by atoms with Gasteiger partial charge in [-0.1, -0.05) is 6.07 Å². The molecule has 0 spiro atoms. The summed E-state index contributed by atoms with van der Waals surface area (Å²) < 4.78 is 0. The minimum absolute atomic E-state index is 0.0687. The lowest BCUT2D eigenvalue weighted by Crippen LogP contribution is -2.62. The number of piperidine rings is 1. The van der Waals surface area contributed by atoms with Gasteiger partial charge in [0.1, 0.15) is 5.75 Å². The highest BCUT2D eigenvalue weighted by Gasteiger charge is 2.39. The lowest BCUT2D eigenvalue weighted by Gasteiger charge is -2.49. The Morgan fingerprint density at radius 3 is 2.23 bits per heavy atom. The van der Waals surface area contributed by atoms with E-state index < -0.39 is 0 Å². The van der Waals surface area contributed by atoms with Gasteiger partial charge in [0.25, 0.3) is 0 Å². The number of phenols is 1. The van der Waals surface area contributed by atoms with Gasteiger partial charge in [-0.15, -0.1) is 10.2 Å². The number of nitrogens with one attached hydrogen (secondary N) is 2. The predicted molar refractivity (Wildman–Crippen MR) is 126 cm³/mol. The van der Waals surface area contributed by atoms with Gasteiger partial charge in [0, 0.05) is 46.7 Å². The highest BCUT2D eigenvalue weighted by atomic mass is 16.3. The molecule has 1 aromatic carbocycles. The average molecular weight is 420 g/mol. The van der Waals surface area contributed by atoms with E-state index in [2.05, 4.69) is 60.1 Å². The van der Waals surface area contributed by atoms with Gasteiger partial charge < -0.3 is 20.3 Å². The lowest BCUT2D eigenvalue weighted by molar-refractivity contribution is 0.160. The Morgan fingerprint density at radius 2 is 1.68 bits per heavy atom. The van der Waals surface area contributed by atoms with Gasteiger partial charge in [-0.05, 0) is 83.9 Å². The molecule has 1 aliphatic rings. The maximum atomic E-state index is 10.6. The summed E-state index contributed by atoms with van der Waals surface area (Å²) in [5, 5.41) is 23.3. The van der Waals surface area contributed by atoms with Crippen molar-refractivity contribution in [2.24, 2.45) is 0 Å². The summed E-state index contributed by atoms with van der Waals surface area (Å²) in [5.41, 5.74) is 4.49. The SMILES string of the molecule is Cc1ccc(-c2ccc(-c3ccc(N(C)C4CC(C)(C)NC(C)(C)C4)nn3)c(O)c2)[nH]1. The monoisotopic (exact) mass is 419 g/mol. The van der Waals surface area contributed by atoms with Crippen LogP contribution < -0.4 is 10.2 Å². The van der Waals surface area contributed by atoms with Crippen molar-refractivity contribution in [2.75, 3.05) is 11.9 Å². The summed E-state index contributed by atoms with van der Waals surface area (Å²) in [6, 6.07) is 14.0. The molecule has 31 heavy (non-hydrogen) atoms. The number of aromatic hydroxyl groups is 1. The minimum atomic E-state index is 0.0687. The molecule has 6 heteroatoms. The van der Waals surface area contributed by atoms with E-state index in [-0.39, 0.29) is 16.8 Å². The van der Waals surface area contributed by atoms with Crippen LogP contribution in [0.4, 0.5) is 5.82 Å². The molecule has 0 saturated carbocycles. The van der Waals surface area contributed by atoms with E-state index in [1.165, 1.54) is 0 Å². The minimum Gasteiger partial charge on any atom is -0.507 e. The van der Waals surface area contributed by atoms with Crippen molar-refractivity contribution < 1.29 is 5.11 Å². The van der Waals surface area contributed by atoms with Crippen LogP contribution in [0.3, 0.4) is 0 Å². The molecule has 1 aliphatic heterocycles. The van der Waals surface area contributed by atoms with Crippen molar-refractivity contribution in [1.82, 2.24) is 20.5 Å². The summed E-state index contributed by atoms with van der Waals surface area (Å²) in [5.74, 6) is 1.04. The maximum Gasteiger partial charge on any atom is 0.151 e. The summed E-state index contributed by atoms with van der Waals surface area (Å²) in [7, 11) is 2.09. The van der Waals surface area contributed by atoms with Gasteiger partial charge in [-0.25, -0.2) is 0 Å². The second kappa shape index (κ2) is 7.68. The van der Waals surface area contributed by atoms with E-state index in [0.29, 0.717) is 17.3 Å². The van der Waals surface area contributed by atoms with Gasteiger partial charge in [-0.2, -0.15) is 0 Å². The number of benzene rings is 1. The van der Waals surface area contributed by atoms with Crippen LogP contribution >= 0.6 is 0 Å². The van der Waals surface area contributed by atoms with Crippen LogP contribution in [0, 0.1) is 6.92 Å². The summed E-state index contributed by atoms with van der Waals surface area (Å²) in [6.07, 6.45) is 2.08. The van der Waals surface area contributed by atoms with Crippen LogP contribution in [-0.4, -0.2) is 44.5 Å². The van der Waals surface area contributed by atoms with Crippen molar-refractivity contribution in [2.45, 2.75) is 64.6 Å². The van der Waals surface area contributed by atoms with Crippen molar-refractivity contribution in [1.29, 1.82) is 0 Å². The summed E-state index contributed by atoms with van der Waals surface area (Å²) in [6.45, 7) is 11.0. The third-order valence-corrected chi connectivity index (χ3v) is 6.14. The molecule has 0 bridgehead atoms. The molecule has 4 rings (SSSR count). The fourth-order valence-corrected chi connectivity index (χ4v) is 4.97. The molecule has 1 fully saturated rings. The van der Waals surface area contributed by atoms with E-state index >= 15 is 0 Å². The first-order chi connectivity index (χ1) is 14.5. The summed E-state index contributed by atoms with van der Waals surface area (Å²) in [4.78, 5) is 5.53. The molecule has 3 N–H and O–H groups in total. The van der Waals surface area contributed by atoms with E-state index in [4.69, 9.17) is 0 Å². The number of H-pyrrole nitrogens is 1. The standard InChI is InChI=1S/C25H33N5O/c1-16-7-10-20(26-16)17-8-9-19(22(31)13-17)21-11-12-23(28-27-21)30(6)18-14-24(2,3)29-25(4,5)15-18/h7-13,18,26,29,31H,14-15H2,1-6H3. The molecule has 1 saturated heterocycles. The van der Waals surface area contributed by atoms with Crippen molar-refractivity contribution in [3.05, 3.63) is 48.2 Å². The average Bonchev–Trinajstić information content (AvgIpc) is 3.11. The highest BCUT2D eigenvalue weighted by Crippen LogP contribution is 2.34. The van der Waals surface area contributed by atoms with E-state index in [1.54, 1.807) is 6.07 Å². The Balaban J connectivity index is 1.54. The molecule has 3 heterocycles. The van der Waals surface area contributed by atoms with Gasteiger partial charge in [-0.3, -0.25) is 0 Å². The van der Waals surface area contributed by atoms with Crippen LogP contribution in [0.2, 0.25) is 0 Å². The molecule has 0 atom stereocenters. The maximum absolute atomic E-state index is 10.6. The number of hydrogen-bond acceptors (Lipinski definition) is 5. The van der Waals surface area contributed by atoms with Gasteiger partial charge in [0.15, 0.2) is 5.82 Å². The van der Waals surface area contributed by atoms with Gasteiger partial charge in [0.05, 0.1) is 5.69 Å². The number of aromatic nitrogens is 3. The van der Waals surface area contributed by atoms with Crippen LogP contribution in [0.5, 0.6) is 5.75 Å². The first kappa shape index (κ1) is 21.4. The van der Waals surface area contributed by atoms with Crippen molar-refractivity contribution >= 4 is 5.82 Å². The first-order valence-corrected chi connectivity index (χ1v) is 10.9. The molecule has 0 aliphatic carbocycles. The topological polar surface area (TPSA) is 77.1 Å². The number of hydrogen-bond donors (Lipinski definition) is 3. The van der Waals surface area contributed by atoms with E-state index in [1.807, 2.05) is 43.3 Å². The van der Waals surface area contributed by atoms with Crippen LogP contribution in [0.15, 0.2) is 42.5 Å². The number of aryl methyl sites for hydroxylation is 1. The highest BCUT2D eigenvalue weighted by molar-refractivity contribution is 5.73. The molecular formula is C25H33N5O. The zero-order valence-electron chi connectivity index (χ0n) is 19.3. The Bertz CT molecular complexity index is 1050. The second-order valence-electron chi connectivity index (χ2n) is 10.1. The van der Waals surface area contributed by atoms with Gasteiger partial charge >= 0.3 is 0 Å². The summed E-state index contributed by atoms with van der Waals surface area (Å²) >= 11 is 0. The Kier molecular flexibility index (Phi) is 5.30. The fourth-order valence-electron chi connectivity index (χ4n) is 4.97. The molecular weight excluding hydrogens is 386 g/mol.